The molecule has 3 rings (SSSR count). The molecule has 0 aliphatic heterocycles. The van der Waals surface area contributed by atoms with Crippen molar-refractivity contribution in [1.29, 1.82) is 0 Å². The summed E-state index contributed by atoms with van der Waals surface area (Å²) in [5.41, 5.74) is 1.01. The van der Waals surface area contributed by atoms with E-state index in [2.05, 4.69) is 10.4 Å². The molecule has 20 heavy (non-hydrogen) atoms. The number of hydrogen-bond donors (Lipinski definition) is 1. The first kappa shape index (κ1) is 13.5. The monoisotopic (exact) mass is 297 g/mol. The smallest absolute Gasteiger partial charge is 0.280 e. The number of benzene rings is 1. The maximum atomic E-state index is 13.3. The first-order valence-corrected chi connectivity index (χ1v) is 6.87. The van der Waals surface area contributed by atoms with Crippen molar-refractivity contribution in [3.05, 3.63) is 46.7 Å². The molecule has 1 saturated carbocycles. The maximum Gasteiger partial charge on any atom is 0.280 e. The van der Waals surface area contributed by atoms with E-state index in [1.54, 1.807) is 24.3 Å². The number of rotatable bonds is 5. The number of hydrogen-bond acceptors (Lipinski definition) is 2. The van der Waals surface area contributed by atoms with Crippen LogP contribution in [0.15, 0.2) is 30.5 Å². The van der Waals surface area contributed by atoms with Crippen molar-refractivity contribution < 1.29 is 8.78 Å². The van der Waals surface area contributed by atoms with Crippen LogP contribution in [0.3, 0.4) is 0 Å². The van der Waals surface area contributed by atoms with Gasteiger partial charge in [0.25, 0.3) is 6.43 Å². The molecule has 0 amide bonds. The Hall–Kier alpha value is -1.46. The van der Waals surface area contributed by atoms with Crippen LogP contribution in [0.2, 0.25) is 5.02 Å². The van der Waals surface area contributed by atoms with Gasteiger partial charge in [-0.15, -0.1) is 0 Å². The normalized spacial score (nSPS) is 15.0. The van der Waals surface area contributed by atoms with Gasteiger partial charge in [0, 0.05) is 23.2 Å². The number of nitrogens with zero attached hydrogens (tertiary/aromatic N) is 2. The Morgan fingerprint density at radius 3 is 2.85 bits per heavy atom. The van der Waals surface area contributed by atoms with Crippen molar-refractivity contribution in [2.45, 2.75) is 31.9 Å². The Kier molecular flexibility index (Phi) is 3.72. The third-order valence-electron chi connectivity index (χ3n) is 3.30. The van der Waals surface area contributed by atoms with Crippen molar-refractivity contribution in [2.24, 2.45) is 0 Å². The lowest BCUT2D eigenvalue weighted by Crippen LogP contribution is -2.16. The molecule has 1 heterocycles. The molecule has 0 radical (unpaired) electrons. The van der Waals surface area contributed by atoms with Gasteiger partial charge in [0.05, 0.1) is 11.9 Å². The van der Waals surface area contributed by atoms with Gasteiger partial charge in [0.1, 0.15) is 5.69 Å². The average Bonchev–Trinajstić information content (AvgIpc) is 3.14. The predicted molar refractivity (Wildman–Crippen MR) is 73.4 cm³/mol. The predicted octanol–water partition coefficient (Wildman–Crippen LogP) is 3.72. The van der Waals surface area contributed by atoms with Gasteiger partial charge in [-0.25, -0.2) is 13.5 Å². The van der Waals surface area contributed by atoms with Crippen molar-refractivity contribution in [2.75, 3.05) is 0 Å². The van der Waals surface area contributed by atoms with Crippen LogP contribution in [0.1, 0.15) is 30.5 Å². The fraction of sp³-hybridized carbons (Fsp3) is 0.357. The van der Waals surface area contributed by atoms with Crippen LogP contribution in [-0.4, -0.2) is 15.8 Å². The molecule has 1 fully saturated rings. The van der Waals surface area contributed by atoms with Crippen LogP contribution >= 0.6 is 11.6 Å². The average molecular weight is 298 g/mol. The summed E-state index contributed by atoms with van der Waals surface area (Å²) in [6, 6.07) is 7.22. The Labute approximate surface area is 120 Å². The number of aromatic nitrogens is 2. The molecule has 2 aromatic rings. The van der Waals surface area contributed by atoms with E-state index in [0.29, 0.717) is 28.9 Å². The Bertz CT molecular complexity index is 608. The summed E-state index contributed by atoms with van der Waals surface area (Å²) in [4.78, 5) is 0. The third kappa shape index (κ3) is 2.83. The van der Waals surface area contributed by atoms with Gasteiger partial charge in [0.2, 0.25) is 0 Å². The van der Waals surface area contributed by atoms with Crippen LogP contribution < -0.4 is 5.32 Å². The van der Waals surface area contributed by atoms with E-state index >= 15 is 0 Å². The van der Waals surface area contributed by atoms with Crippen molar-refractivity contribution >= 4 is 11.6 Å². The molecule has 106 valence electrons. The zero-order valence-corrected chi connectivity index (χ0v) is 11.4. The molecule has 1 N–H and O–H groups in total. The quantitative estimate of drug-likeness (QED) is 0.911. The minimum atomic E-state index is -2.58. The Balaban J connectivity index is 1.93. The molecule has 0 saturated heterocycles. The summed E-state index contributed by atoms with van der Waals surface area (Å²) >= 11 is 5.90. The molecule has 1 aromatic carbocycles. The van der Waals surface area contributed by atoms with Gasteiger partial charge < -0.3 is 5.32 Å². The van der Waals surface area contributed by atoms with E-state index < -0.39 is 6.43 Å². The van der Waals surface area contributed by atoms with Crippen LogP contribution in [0, 0.1) is 0 Å². The topological polar surface area (TPSA) is 29.9 Å². The van der Waals surface area contributed by atoms with Crippen LogP contribution in [0.5, 0.6) is 0 Å². The van der Waals surface area contributed by atoms with Gasteiger partial charge in [0.15, 0.2) is 0 Å². The molecule has 0 atom stereocenters. The van der Waals surface area contributed by atoms with E-state index in [0.717, 1.165) is 12.8 Å². The van der Waals surface area contributed by atoms with E-state index in [4.69, 9.17) is 11.6 Å². The molecular formula is C14H14ClF2N3. The van der Waals surface area contributed by atoms with E-state index in [9.17, 15) is 8.78 Å². The standard InChI is InChI=1S/C14H14ClF2N3/c15-10-2-1-3-12(6-10)20-13(14(16)17)9(8-19-20)7-18-11-4-5-11/h1-3,6,8,11,14,18H,4-5,7H2. The van der Waals surface area contributed by atoms with Gasteiger partial charge in [-0.1, -0.05) is 17.7 Å². The minimum Gasteiger partial charge on any atom is -0.310 e. The van der Waals surface area contributed by atoms with Crippen molar-refractivity contribution in [1.82, 2.24) is 15.1 Å². The van der Waals surface area contributed by atoms with E-state index in [1.165, 1.54) is 10.9 Å². The first-order chi connectivity index (χ1) is 9.65. The zero-order chi connectivity index (χ0) is 14.1. The van der Waals surface area contributed by atoms with Crippen LogP contribution in [0.4, 0.5) is 8.78 Å². The lowest BCUT2D eigenvalue weighted by molar-refractivity contribution is 0.141. The van der Waals surface area contributed by atoms with Crippen molar-refractivity contribution in [3.8, 4) is 5.69 Å². The Morgan fingerprint density at radius 1 is 1.40 bits per heavy atom. The summed E-state index contributed by atoms with van der Waals surface area (Å²) in [6.07, 6.45) is 1.16. The molecule has 0 bridgehead atoms. The van der Waals surface area contributed by atoms with Crippen LogP contribution in [0.25, 0.3) is 5.69 Å². The lowest BCUT2D eigenvalue weighted by Gasteiger charge is -2.09. The molecule has 1 aliphatic carbocycles. The van der Waals surface area contributed by atoms with Gasteiger partial charge >= 0.3 is 0 Å². The largest absolute Gasteiger partial charge is 0.310 e. The lowest BCUT2D eigenvalue weighted by atomic mass is 10.2. The van der Waals surface area contributed by atoms with Gasteiger partial charge in [-0.2, -0.15) is 5.10 Å². The fourth-order valence-corrected chi connectivity index (χ4v) is 2.30. The molecule has 0 spiro atoms. The number of nitrogens with one attached hydrogen (secondary N) is 1. The number of alkyl halides is 2. The summed E-state index contributed by atoms with van der Waals surface area (Å²) in [6.45, 7) is 0.422. The molecule has 6 heteroatoms. The van der Waals surface area contributed by atoms with Gasteiger partial charge in [-0.05, 0) is 31.0 Å². The second-order valence-electron chi connectivity index (χ2n) is 4.90. The summed E-state index contributed by atoms with van der Waals surface area (Å²) in [5, 5.41) is 7.81. The van der Waals surface area contributed by atoms with E-state index in [1.807, 2.05) is 0 Å². The highest BCUT2D eigenvalue weighted by atomic mass is 35.5. The molecule has 1 aromatic heterocycles. The molecule has 1 aliphatic rings. The SMILES string of the molecule is FC(F)c1c(CNC2CC2)cnn1-c1cccc(Cl)c1. The summed E-state index contributed by atoms with van der Waals surface area (Å²) in [7, 11) is 0. The van der Waals surface area contributed by atoms with Crippen molar-refractivity contribution in [3.63, 3.8) is 0 Å². The van der Waals surface area contributed by atoms with E-state index in [-0.39, 0.29) is 5.69 Å². The fourth-order valence-electron chi connectivity index (χ4n) is 2.12. The summed E-state index contributed by atoms with van der Waals surface area (Å²) in [5.74, 6) is 0. The Morgan fingerprint density at radius 2 is 2.20 bits per heavy atom. The second kappa shape index (κ2) is 5.50. The van der Waals surface area contributed by atoms with Gasteiger partial charge in [-0.3, -0.25) is 0 Å². The zero-order valence-electron chi connectivity index (χ0n) is 10.7. The number of halogens is 3. The summed E-state index contributed by atoms with van der Waals surface area (Å²) < 4.78 is 27.9. The highest BCUT2D eigenvalue weighted by Crippen LogP contribution is 2.27. The highest BCUT2D eigenvalue weighted by Gasteiger charge is 2.24. The molecule has 0 unspecified atom stereocenters. The third-order valence-corrected chi connectivity index (χ3v) is 3.54. The first-order valence-electron chi connectivity index (χ1n) is 6.49. The minimum absolute atomic E-state index is 0.0691. The second-order valence-corrected chi connectivity index (χ2v) is 5.34. The maximum absolute atomic E-state index is 13.3. The highest BCUT2D eigenvalue weighted by molar-refractivity contribution is 6.30. The molecule has 3 nitrogen and oxygen atoms in total. The van der Waals surface area contributed by atoms with Crippen LogP contribution in [-0.2, 0) is 6.54 Å². The molecular weight excluding hydrogens is 284 g/mol.